The smallest absolute Gasteiger partial charge is 0.239 e. The molecule has 0 spiro atoms. The van der Waals surface area contributed by atoms with Crippen LogP contribution in [-0.4, -0.2) is 36.0 Å². The molecular weight excluding hydrogens is 188 g/mol. The van der Waals surface area contributed by atoms with Gasteiger partial charge in [-0.1, -0.05) is 13.0 Å². The van der Waals surface area contributed by atoms with Gasteiger partial charge in [0.25, 0.3) is 0 Å². The zero-order valence-electron chi connectivity index (χ0n) is 9.83. The number of nitrogens with one attached hydrogen (secondary N) is 1. The summed E-state index contributed by atoms with van der Waals surface area (Å²) < 4.78 is 0. The minimum Gasteiger partial charge on any atom is -0.338 e. The molecule has 2 unspecified atom stereocenters. The molecule has 2 atom stereocenters. The Morgan fingerprint density at radius 2 is 2.47 bits per heavy atom. The van der Waals surface area contributed by atoms with Crippen molar-refractivity contribution in [1.29, 1.82) is 0 Å². The molecular formula is C12H22N2O. The molecule has 1 aliphatic rings. The zero-order chi connectivity index (χ0) is 11.3. The van der Waals surface area contributed by atoms with Crippen LogP contribution in [0.15, 0.2) is 12.7 Å². The summed E-state index contributed by atoms with van der Waals surface area (Å²) in [6.07, 6.45) is 4.84. The topological polar surface area (TPSA) is 32.3 Å². The van der Waals surface area contributed by atoms with Gasteiger partial charge in [-0.05, 0) is 32.7 Å². The summed E-state index contributed by atoms with van der Waals surface area (Å²) in [7, 11) is 0. The quantitative estimate of drug-likeness (QED) is 0.698. The van der Waals surface area contributed by atoms with E-state index in [-0.39, 0.29) is 18.0 Å². The standard InChI is InChI=1S/C12H22N2O/c1-4-7-10(3)14-9-6-8-11(12(14)15)13-5-2/h4,10-11,13H,1,5-9H2,2-3H3. The summed E-state index contributed by atoms with van der Waals surface area (Å²) in [6.45, 7) is 9.61. The van der Waals surface area contributed by atoms with Crippen LogP contribution >= 0.6 is 0 Å². The highest BCUT2D eigenvalue weighted by Crippen LogP contribution is 2.16. The van der Waals surface area contributed by atoms with Crippen molar-refractivity contribution in [3.05, 3.63) is 12.7 Å². The second-order valence-corrected chi connectivity index (χ2v) is 4.16. The number of nitrogens with zero attached hydrogens (tertiary/aromatic N) is 1. The molecule has 0 radical (unpaired) electrons. The van der Waals surface area contributed by atoms with Crippen molar-refractivity contribution in [2.24, 2.45) is 0 Å². The number of amides is 1. The first-order valence-corrected chi connectivity index (χ1v) is 5.85. The fourth-order valence-electron chi connectivity index (χ4n) is 2.14. The van der Waals surface area contributed by atoms with Crippen molar-refractivity contribution in [3.63, 3.8) is 0 Å². The molecule has 1 N–H and O–H groups in total. The molecule has 15 heavy (non-hydrogen) atoms. The second kappa shape index (κ2) is 5.91. The summed E-state index contributed by atoms with van der Waals surface area (Å²) in [4.78, 5) is 14.0. The van der Waals surface area contributed by atoms with Gasteiger partial charge in [0.15, 0.2) is 0 Å². The Hall–Kier alpha value is -0.830. The molecule has 0 aromatic carbocycles. The molecule has 1 aliphatic heterocycles. The first-order chi connectivity index (χ1) is 7.20. The molecule has 1 fully saturated rings. The fourth-order valence-corrected chi connectivity index (χ4v) is 2.14. The first kappa shape index (κ1) is 12.2. The molecule has 1 heterocycles. The van der Waals surface area contributed by atoms with Gasteiger partial charge >= 0.3 is 0 Å². The van der Waals surface area contributed by atoms with E-state index >= 15 is 0 Å². The molecule has 0 aromatic heterocycles. The minimum absolute atomic E-state index is 0.0380. The normalized spacial score (nSPS) is 24.0. The van der Waals surface area contributed by atoms with Gasteiger partial charge in [0.2, 0.25) is 5.91 Å². The van der Waals surface area contributed by atoms with Crippen LogP contribution < -0.4 is 5.32 Å². The number of likely N-dealkylation sites (tertiary alicyclic amines) is 1. The third-order valence-corrected chi connectivity index (χ3v) is 2.96. The van der Waals surface area contributed by atoms with Gasteiger partial charge in [-0.25, -0.2) is 0 Å². The third-order valence-electron chi connectivity index (χ3n) is 2.96. The molecule has 0 bridgehead atoms. The number of rotatable bonds is 5. The van der Waals surface area contributed by atoms with Crippen LogP contribution in [0.25, 0.3) is 0 Å². The van der Waals surface area contributed by atoms with Crippen LogP contribution in [0, 0.1) is 0 Å². The SMILES string of the molecule is C=CCC(C)N1CCCC(NCC)C1=O. The van der Waals surface area contributed by atoms with Crippen LogP contribution in [0.1, 0.15) is 33.1 Å². The number of hydrogen-bond acceptors (Lipinski definition) is 2. The number of carbonyl (C=O) groups excluding carboxylic acids is 1. The van der Waals surface area contributed by atoms with Crippen LogP contribution in [0.4, 0.5) is 0 Å². The Morgan fingerprint density at radius 3 is 3.07 bits per heavy atom. The lowest BCUT2D eigenvalue weighted by Crippen LogP contribution is -2.53. The number of hydrogen-bond donors (Lipinski definition) is 1. The average Bonchev–Trinajstić information content (AvgIpc) is 2.22. The molecule has 3 heteroatoms. The molecule has 0 saturated carbocycles. The third kappa shape index (κ3) is 3.06. The van der Waals surface area contributed by atoms with Crippen molar-refractivity contribution in [2.45, 2.75) is 45.2 Å². The maximum absolute atomic E-state index is 12.1. The highest BCUT2D eigenvalue weighted by molar-refractivity contribution is 5.82. The average molecular weight is 210 g/mol. The zero-order valence-corrected chi connectivity index (χ0v) is 9.83. The molecule has 3 nitrogen and oxygen atoms in total. The van der Waals surface area contributed by atoms with Gasteiger partial charge in [-0.15, -0.1) is 6.58 Å². The maximum Gasteiger partial charge on any atom is 0.239 e. The summed E-state index contributed by atoms with van der Waals surface area (Å²) >= 11 is 0. The lowest BCUT2D eigenvalue weighted by molar-refractivity contribution is -0.138. The Bertz CT molecular complexity index is 226. The van der Waals surface area contributed by atoms with Crippen LogP contribution in [0.3, 0.4) is 0 Å². The van der Waals surface area contributed by atoms with Crippen LogP contribution in [0.2, 0.25) is 0 Å². The van der Waals surface area contributed by atoms with E-state index in [9.17, 15) is 4.79 Å². The Kier molecular flexibility index (Phi) is 4.82. The fraction of sp³-hybridized carbons (Fsp3) is 0.750. The van der Waals surface area contributed by atoms with Crippen molar-refractivity contribution in [1.82, 2.24) is 10.2 Å². The number of piperidine rings is 1. The highest BCUT2D eigenvalue weighted by Gasteiger charge is 2.30. The van der Waals surface area contributed by atoms with Gasteiger partial charge in [0, 0.05) is 12.6 Å². The van der Waals surface area contributed by atoms with E-state index < -0.39 is 0 Å². The van der Waals surface area contributed by atoms with Crippen molar-refractivity contribution >= 4 is 5.91 Å². The monoisotopic (exact) mass is 210 g/mol. The molecule has 1 saturated heterocycles. The van der Waals surface area contributed by atoms with E-state index in [0.717, 1.165) is 32.4 Å². The second-order valence-electron chi connectivity index (χ2n) is 4.16. The Balaban J connectivity index is 2.57. The first-order valence-electron chi connectivity index (χ1n) is 5.85. The van der Waals surface area contributed by atoms with Crippen LogP contribution in [-0.2, 0) is 4.79 Å². The largest absolute Gasteiger partial charge is 0.338 e. The number of likely N-dealkylation sites (N-methyl/N-ethyl adjacent to an activating group) is 1. The summed E-state index contributed by atoms with van der Waals surface area (Å²) in [6, 6.07) is 0.326. The predicted molar refractivity (Wildman–Crippen MR) is 62.7 cm³/mol. The van der Waals surface area contributed by atoms with E-state index in [1.165, 1.54) is 0 Å². The van der Waals surface area contributed by atoms with Crippen molar-refractivity contribution < 1.29 is 4.79 Å². The summed E-state index contributed by atoms with van der Waals surface area (Å²) in [5.41, 5.74) is 0. The molecule has 86 valence electrons. The minimum atomic E-state index is 0.0380. The van der Waals surface area contributed by atoms with E-state index in [0.29, 0.717) is 0 Å². The highest BCUT2D eigenvalue weighted by atomic mass is 16.2. The van der Waals surface area contributed by atoms with Crippen LogP contribution in [0.5, 0.6) is 0 Å². The maximum atomic E-state index is 12.1. The summed E-state index contributed by atoms with van der Waals surface area (Å²) in [5, 5.41) is 3.24. The number of carbonyl (C=O) groups is 1. The van der Waals surface area contributed by atoms with Crippen molar-refractivity contribution in [3.8, 4) is 0 Å². The Labute approximate surface area is 92.5 Å². The van der Waals surface area contributed by atoms with Gasteiger partial charge in [-0.3, -0.25) is 4.79 Å². The van der Waals surface area contributed by atoms with Gasteiger partial charge in [0.05, 0.1) is 6.04 Å². The lowest BCUT2D eigenvalue weighted by Gasteiger charge is -2.36. The van der Waals surface area contributed by atoms with Crippen molar-refractivity contribution in [2.75, 3.05) is 13.1 Å². The van der Waals surface area contributed by atoms with E-state index in [4.69, 9.17) is 0 Å². The van der Waals surface area contributed by atoms with Gasteiger partial charge < -0.3 is 10.2 Å². The lowest BCUT2D eigenvalue weighted by atomic mass is 10.0. The molecule has 1 rings (SSSR count). The Morgan fingerprint density at radius 1 is 1.73 bits per heavy atom. The van der Waals surface area contributed by atoms with Gasteiger partial charge in [0.1, 0.15) is 0 Å². The van der Waals surface area contributed by atoms with E-state index in [1.807, 2.05) is 17.9 Å². The van der Waals surface area contributed by atoms with E-state index in [1.54, 1.807) is 0 Å². The predicted octanol–water partition coefficient (Wildman–Crippen LogP) is 1.55. The molecule has 0 aromatic rings. The molecule has 1 amide bonds. The van der Waals surface area contributed by atoms with Gasteiger partial charge in [-0.2, -0.15) is 0 Å². The molecule has 0 aliphatic carbocycles. The summed E-state index contributed by atoms with van der Waals surface area (Å²) in [5.74, 6) is 0.262. The van der Waals surface area contributed by atoms with E-state index in [2.05, 4.69) is 18.8 Å².